The minimum Gasteiger partial charge on any atom is -0.478 e. The van der Waals surface area contributed by atoms with E-state index in [-0.39, 0.29) is 5.97 Å². The van der Waals surface area contributed by atoms with E-state index >= 15 is 0 Å². The molecule has 0 fully saturated rings. The Morgan fingerprint density at radius 2 is 1.20 bits per heavy atom. The summed E-state index contributed by atoms with van der Waals surface area (Å²) in [5, 5.41) is 15.6. The first kappa shape index (κ1) is 30.4. The fourth-order valence-electron chi connectivity index (χ4n) is 1.83. The molecule has 0 aromatic heterocycles. The van der Waals surface area contributed by atoms with Crippen LogP contribution in [0.3, 0.4) is 0 Å². The van der Waals surface area contributed by atoms with Crippen LogP contribution >= 0.6 is 31.9 Å². The number of carbonyl (C=O) groups excluding carboxylic acids is 1. The van der Waals surface area contributed by atoms with Crippen LogP contribution in [0.15, 0.2) is 45.3 Å². The van der Waals surface area contributed by atoms with Gasteiger partial charge in [0.2, 0.25) is 0 Å². The Bertz CT molecular complexity index is 937. The molecule has 2 aromatic rings. The average Bonchev–Trinajstić information content (AvgIpc) is 2.61. The summed E-state index contributed by atoms with van der Waals surface area (Å²) in [4.78, 5) is 21.6. The van der Waals surface area contributed by atoms with Crippen molar-refractivity contribution < 1.29 is 42.1 Å². The van der Waals surface area contributed by atoms with Crippen LogP contribution in [0.5, 0.6) is 0 Å². The summed E-state index contributed by atoms with van der Waals surface area (Å²) < 4.78 is 38.1. The van der Waals surface area contributed by atoms with E-state index in [1.807, 2.05) is 19.1 Å². The second-order valence-electron chi connectivity index (χ2n) is 5.16. The lowest BCUT2D eigenvalue weighted by Crippen LogP contribution is -2.03. The number of halogens is 2. The number of esters is 1. The van der Waals surface area contributed by atoms with Gasteiger partial charge in [-0.1, -0.05) is 31.9 Å². The van der Waals surface area contributed by atoms with Crippen molar-refractivity contribution in [2.24, 2.45) is 0 Å². The number of ether oxygens (including phenoxy) is 1. The highest BCUT2D eigenvalue weighted by Crippen LogP contribution is 2.16. The van der Waals surface area contributed by atoms with Crippen LogP contribution < -0.4 is 0 Å². The predicted molar refractivity (Wildman–Crippen MR) is 118 cm³/mol. The minimum atomic E-state index is -4.67. The Morgan fingerprint density at radius 3 is 1.47 bits per heavy atom. The van der Waals surface area contributed by atoms with Gasteiger partial charge in [-0.25, -0.2) is 9.59 Å². The third-order valence-corrected chi connectivity index (χ3v) is 4.00. The topological polar surface area (TPSA) is 158 Å². The Morgan fingerprint density at radius 1 is 0.867 bits per heavy atom. The van der Waals surface area contributed by atoms with E-state index in [0.29, 0.717) is 11.1 Å². The van der Waals surface area contributed by atoms with E-state index in [1.165, 1.54) is 7.11 Å². The van der Waals surface area contributed by atoms with E-state index in [1.54, 1.807) is 31.2 Å². The molecule has 0 aliphatic rings. The number of hydrogen-bond acceptors (Lipinski definition) is 6. The van der Waals surface area contributed by atoms with Crippen molar-refractivity contribution >= 4 is 54.2 Å². The molecule has 12 heteroatoms. The van der Waals surface area contributed by atoms with Crippen molar-refractivity contribution in [1.82, 2.24) is 0 Å². The number of aryl methyl sites for hydroxylation is 2. The normalized spacial score (nSPS) is 9.50. The molecule has 2 rings (SSSR count). The second-order valence-corrected chi connectivity index (χ2v) is 7.89. The number of rotatable bonds is 2. The molecule has 0 amide bonds. The quantitative estimate of drug-likeness (QED) is 0.308. The van der Waals surface area contributed by atoms with E-state index in [9.17, 15) is 9.59 Å². The number of carboxylic acids is 1. The molecule has 0 spiro atoms. The first-order valence-electron chi connectivity index (χ1n) is 7.74. The van der Waals surface area contributed by atoms with Gasteiger partial charge in [-0.15, -0.1) is 0 Å². The predicted octanol–water partition coefficient (Wildman–Crippen LogP) is 3.96. The van der Waals surface area contributed by atoms with Gasteiger partial charge < -0.3 is 14.9 Å². The molecule has 4 N–H and O–H groups in total. The molecular weight excluding hydrogens is 552 g/mol. The number of benzene rings is 2. The molecule has 0 aliphatic heterocycles. The van der Waals surface area contributed by atoms with E-state index in [0.717, 1.165) is 27.2 Å². The summed E-state index contributed by atoms with van der Waals surface area (Å²) in [5.41, 5.74) is 2.65. The van der Waals surface area contributed by atoms with Crippen LogP contribution in [0.25, 0.3) is 0 Å². The third kappa shape index (κ3) is 14.2. The maximum atomic E-state index is 11.1. The minimum absolute atomic E-state index is 0.292. The van der Waals surface area contributed by atoms with Crippen molar-refractivity contribution in [3.8, 4) is 0 Å². The lowest BCUT2D eigenvalue weighted by atomic mass is 10.1. The molecule has 30 heavy (non-hydrogen) atoms. The van der Waals surface area contributed by atoms with E-state index in [2.05, 4.69) is 36.6 Å². The molecule has 0 unspecified atom stereocenters. The monoisotopic (exact) mass is 572 g/mol. The van der Waals surface area contributed by atoms with Gasteiger partial charge in [0.25, 0.3) is 0 Å². The average molecular weight is 574 g/mol. The van der Waals surface area contributed by atoms with Gasteiger partial charge in [0.05, 0.1) is 18.2 Å². The molecule has 0 bridgehead atoms. The van der Waals surface area contributed by atoms with E-state index < -0.39 is 16.4 Å². The van der Waals surface area contributed by atoms with Gasteiger partial charge in [-0.05, 0) is 61.4 Å². The Hall–Kier alpha value is -1.83. The van der Waals surface area contributed by atoms with Gasteiger partial charge in [0.1, 0.15) is 0 Å². The number of aliphatic hydroxyl groups excluding tert-OH is 1. The molecule has 0 heterocycles. The summed E-state index contributed by atoms with van der Waals surface area (Å²) in [5.74, 6) is -1.17. The molecular formula is C18H22Br2O9S. The van der Waals surface area contributed by atoms with Crippen molar-refractivity contribution in [2.45, 2.75) is 13.8 Å². The van der Waals surface area contributed by atoms with Crippen LogP contribution in [-0.2, 0) is 15.1 Å². The van der Waals surface area contributed by atoms with Crippen molar-refractivity contribution in [1.29, 1.82) is 0 Å². The number of methoxy groups -OCH3 is 1. The highest BCUT2D eigenvalue weighted by Gasteiger charge is 2.08. The van der Waals surface area contributed by atoms with Gasteiger partial charge >= 0.3 is 22.3 Å². The van der Waals surface area contributed by atoms with Gasteiger partial charge in [-0.2, -0.15) is 8.42 Å². The SMILES string of the molecule is CO.COC(=O)c1ccc(Br)cc1C.Cc1cc(Br)ccc1C(=O)O.O=S(=O)(O)O. The molecule has 0 radical (unpaired) electrons. The molecule has 168 valence electrons. The lowest BCUT2D eigenvalue weighted by molar-refractivity contribution is 0.0599. The van der Waals surface area contributed by atoms with Crippen LogP contribution in [0.4, 0.5) is 0 Å². The molecule has 0 saturated carbocycles. The number of aliphatic hydroxyl groups is 1. The Kier molecular flexibility index (Phi) is 15.2. The van der Waals surface area contributed by atoms with Crippen LogP contribution in [0, 0.1) is 13.8 Å². The zero-order chi connectivity index (χ0) is 24.1. The van der Waals surface area contributed by atoms with Crippen LogP contribution in [0.2, 0.25) is 0 Å². The fraction of sp³-hybridized carbons (Fsp3) is 0.222. The Balaban J connectivity index is 0. The van der Waals surface area contributed by atoms with Crippen molar-refractivity contribution in [3.63, 3.8) is 0 Å². The zero-order valence-electron chi connectivity index (χ0n) is 16.5. The molecule has 0 aliphatic carbocycles. The molecule has 0 atom stereocenters. The summed E-state index contributed by atoms with van der Waals surface area (Å²) in [6.07, 6.45) is 0. The third-order valence-electron chi connectivity index (χ3n) is 3.01. The highest BCUT2D eigenvalue weighted by atomic mass is 79.9. The van der Waals surface area contributed by atoms with Crippen LogP contribution in [-0.4, -0.2) is 53.9 Å². The summed E-state index contributed by atoms with van der Waals surface area (Å²) in [6, 6.07) is 10.5. The number of hydrogen-bond donors (Lipinski definition) is 4. The maximum absolute atomic E-state index is 11.1. The Labute approximate surface area is 191 Å². The smallest absolute Gasteiger partial charge is 0.394 e. The van der Waals surface area contributed by atoms with Gasteiger partial charge in [0, 0.05) is 16.1 Å². The summed E-state index contributed by atoms with van der Waals surface area (Å²) >= 11 is 6.57. The molecule has 2 aromatic carbocycles. The highest BCUT2D eigenvalue weighted by molar-refractivity contribution is 9.10. The fourth-order valence-corrected chi connectivity index (χ4v) is 2.78. The van der Waals surface area contributed by atoms with Crippen LogP contribution in [0.1, 0.15) is 31.8 Å². The van der Waals surface area contributed by atoms with Gasteiger partial charge in [0.15, 0.2) is 0 Å². The second kappa shape index (κ2) is 15.0. The lowest BCUT2D eigenvalue weighted by Gasteiger charge is -2.02. The molecule has 9 nitrogen and oxygen atoms in total. The first-order chi connectivity index (χ1) is 13.8. The summed E-state index contributed by atoms with van der Waals surface area (Å²) in [7, 11) is -2.29. The largest absolute Gasteiger partial charge is 0.478 e. The number of carbonyl (C=O) groups is 2. The van der Waals surface area contributed by atoms with Crippen molar-refractivity contribution in [2.75, 3.05) is 14.2 Å². The van der Waals surface area contributed by atoms with Crippen molar-refractivity contribution in [3.05, 3.63) is 67.6 Å². The molecule has 0 saturated heterocycles. The number of aromatic carboxylic acids is 1. The first-order valence-corrected chi connectivity index (χ1v) is 10.7. The number of carboxylic acid groups (broad SMARTS) is 1. The standard InChI is InChI=1S/C9H9BrO2.C8H7BrO2.CH4O.H2O4S/c1-6-5-7(10)3-4-8(6)9(11)12-2;1-5-4-6(9)2-3-7(5)8(10)11;1-2;1-5(2,3)4/h3-5H,1-2H3;2-4H,1H3,(H,10,11);2H,1H3;(H2,1,2,3,4). The van der Waals surface area contributed by atoms with E-state index in [4.69, 9.17) is 27.7 Å². The zero-order valence-corrected chi connectivity index (χ0v) is 20.4. The summed E-state index contributed by atoms with van der Waals surface area (Å²) in [6.45, 7) is 3.64. The maximum Gasteiger partial charge on any atom is 0.394 e. The van der Waals surface area contributed by atoms with Gasteiger partial charge in [-0.3, -0.25) is 9.11 Å².